The van der Waals surface area contributed by atoms with Gasteiger partial charge >= 0.3 is 0 Å². The van der Waals surface area contributed by atoms with Crippen LogP contribution in [-0.4, -0.2) is 21.4 Å². The summed E-state index contributed by atoms with van der Waals surface area (Å²) in [5.41, 5.74) is 0.930. The Balaban J connectivity index is 1.87. The first-order chi connectivity index (χ1) is 9.24. The van der Waals surface area contributed by atoms with Gasteiger partial charge in [0, 0.05) is 21.7 Å². The predicted molar refractivity (Wildman–Crippen MR) is 77.0 cm³/mol. The van der Waals surface area contributed by atoms with E-state index in [0.29, 0.717) is 10.8 Å². The van der Waals surface area contributed by atoms with Gasteiger partial charge in [-0.1, -0.05) is 11.6 Å². The maximum Gasteiger partial charge on any atom is 0.182 e. The lowest BCUT2D eigenvalue weighted by molar-refractivity contribution is -0.0395. The van der Waals surface area contributed by atoms with Crippen molar-refractivity contribution < 1.29 is 4.74 Å². The quantitative estimate of drug-likeness (QED) is 0.826. The number of hydrogen-bond donors (Lipinski definition) is 0. The van der Waals surface area contributed by atoms with Crippen LogP contribution in [0.15, 0.2) is 29.0 Å². The van der Waals surface area contributed by atoms with Gasteiger partial charge in [-0.3, -0.25) is 0 Å². The van der Waals surface area contributed by atoms with Crippen LogP contribution < -0.4 is 0 Å². The van der Waals surface area contributed by atoms with E-state index in [0.717, 1.165) is 29.5 Å². The summed E-state index contributed by atoms with van der Waals surface area (Å²) in [5, 5.41) is 5.19. The van der Waals surface area contributed by atoms with E-state index in [2.05, 4.69) is 26.0 Å². The molecule has 1 aliphatic rings. The number of rotatable bonds is 2. The van der Waals surface area contributed by atoms with Crippen molar-refractivity contribution in [2.24, 2.45) is 0 Å². The van der Waals surface area contributed by atoms with Gasteiger partial charge in [0.1, 0.15) is 6.33 Å². The van der Waals surface area contributed by atoms with Crippen molar-refractivity contribution in [1.82, 2.24) is 14.8 Å². The van der Waals surface area contributed by atoms with Gasteiger partial charge in [-0.05, 0) is 53.4 Å². The minimum atomic E-state index is 0.0149. The summed E-state index contributed by atoms with van der Waals surface area (Å²) >= 11 is 9.42. The van der Waals surface area contributed by atoms with E-state index < -0.39 is 0 Å². The molecule has 1 unspecified atom stereocenters. The highest BCUT2D eigenvalue weighted by Crippen LogP contribution is 2.29. The van der Waals surface area contributed by atoms with Crippen molar-refractivity contribution in [3.8, 4) is 11.4 Å². The Morgan fingerprint density at radius 3 is 3.00 bits per heavy atom. The van der Waals surface area contributed by atoms with Crippen molar-refractivity contribution in [3.05, 3.63) is 34.0 Å². The molecule has 2 heterocycles. The fourth-order valence-corrected chi connectivity index (χ4v) is 3.00. The molecule has 19 heavy (non-hydrogen) atoms. The third-order valence-electron chi connectivity index (χ3n) is 3.13. The number of ether oxygens (including phenoxy) is 1. The number of halogens is 2. The van der Waals surface area contributed by atoms with E-state index in [9.17, 15) is 0 Å². The first kappa shape index (κ1) is 13.1. The van der Waals surface area contributed by atoms with Crippen molar-refractivity contribution in [3.63, 3.8) is 0 Å². The van der Waals surface area contributed by atoms with Crippen LogP contribution in [0.2, 0.25) is 5.02 Å². The Morgan fingerprint density at radius 1 is 1.37 bits per heavy atom. The average Bonchev–Trinajstić information content (AvgIpc) is 2.89. The number of nitrogens with zero attached hydrogens (tertiary/aromatic N) is 3. The smallest absolute Gasteiger partial charge is 0.182 e. The van der Waals surface area contributed by atoms with Gasteiger partial charge in [-0.2, -0.15) is 0 Å². The molecule has 0 amide bonds. The molecule has 1 aromatic carbocycles. The van der Waals surface area contributed by atoms with Gasteiger partial charge in [0.25, 0.3) is 0 Å². The van der Waals surface area contributed by atoms with E-state index in [1.165, 1.54) is 6.42 Å². The second kappa shape index (κ2) is 5.61. The molecule has 1 fully saturated rings. The standard InChI is InChI=1S/C13H13BrClN3O/c14-11-7-9(15)4-5-10(11)13-16-8-18(17-13)12-3-1-2-6-19-12/h4-5,7-8,12H,1-3,6H2. The van der Waals surface area contributed by atoms with Crippen molar-refractivity contribution in [2.45, 2.75) is 25.5 Å². The van der Waals surface area contributed by atoms with Crippen molar-refractivity contribution >= 4 is 27.5 Å². The summed E-state index contributed by atoms with van der Waals surface area (Å²) in [7, 11) is 0. The Hall–Kier alpha value is -0.910. The van der Waals surface area contributed by atoms with Crippen LogP contribution in [0.4, 0.5) is 0 Å². The van der Waals surface area contributed by atoms with Crippen molar-refractivity contribution in [2.75, 3.05) is 6.61 Å². The van der Waals surface area contributed by atoms with E-state index in [1.807, 2.05) is 18.2 Å². The molecule has 0 N–H and O–H groups in total. The molecule has 3 rings (SSSR count). The first-order valence-corrected chi connectivity index (χ1v) is 7.39. The zero-order valence-corrected chi connectivity index (χ0v) is 12.6. The van der Waals surface area contributed by atoms with Crippen LogP contribution in [0.1, 0.15) is 25.5 Å². The summed E-state index contributed by atoms with van der Waals surface area (Å²) in [4.78, 5) is 4.35. The molecule has 6 heteroatoms. The van der Waals surface area contributed by atoms with Crippen LogP contribution >= 0.6 is 27.5 Å². The lowest BCUT2D eigenvalue weighted by atomic mass is 10.2. The number of hydrogen-bond acceptors (Lipinski definition) is 3. The van der Waals surface area contributed by atoms with E-state index in [-0.39, 0.29) is 6.23 Å². The van der Waals surface area contributed by atoms with Crippen LogP contribution in [0.25, 0.3) is 11.4 Å². The number of aromatic nitrogens is 3. The lowest BCUT2D eigenvalue weighted by Crippen LogP contribution is -2.18. The summed E-state index contributed by atoms with van der Waals surface area (Å²) < 4.78 is 8.38. The summed E-state index contributed by atoms with van der Waals surface area (Å²) in [6, 6.07) is 5.59. The average molecular weight is 343 g/mol. The first-order valence-electron chi connectivity index (χ1n) is 6.22. The second-order valence-corrected chi connectivity index (χ2v) is 5.78. The SMILES string of the molecule is Clc1ccc(-c2ncn(C3CCCCO3)n2)c(Br)c1. The van der Waals surface area contributed by atoms with Gasteiger partial charge in [0.05, 0.1) is 0 Å². The molecule has 0 spiro atoms. The molecular weight excluding hydrogens is 330 g/mol. The molecular formula is C13H13BrClN3O. The Labute approximate surface area is 124 Å². The maximum atomic E-state index is 5.94. The van der Waals surface area contributed by atoms with Crippen LogP contribution in [0, 0.1) is 0 Å². The second-order valence-electron chi connectivity index (χ2n) is 4.49. The zero-order valence-electron chi connectivity index (χ0n) is 10.2. The third-order valence-corrected chi connectivity index (χ3v) is 4.02. The van der Waals surface area contributed by atoms with Crippen LogP contribution in [0.3, 0.4) is 0 Å². The van der Waals surface area contributed by atoms with Crippen LogP contribution in [0.5, 0.6) is 0 Å². The van der Waals surface area contributed by atoms with Gasteiger partial charge in [0.15, 0.2) is 12.1 Å². The van der Waals surface area contributed by atoms with Crippen LogP contribution in [-0.2, 0) is 4.74 Å². The Bertz CT molecular complexity index is 581. The largest absolute Gasteiger partial charge is 0.356 e. The molecule has 0 saturated carbocycles. The predicted octanol–water partition coefficient (Wildman–Crippen LogP) is 4.06. The molecule has 1 aliphatic heterocycles. The summed E-state index contributed by atoms with van der Waals surface area (Å²) in [5.74, 6) is 0.678. The highest BCUT2D eigenvalue weighted by molar-refractivity contribution is 9.10. The normalized spacial score (nSPS) is 19.6. The Morgan fingerprint density at radius 2 is 2.26 bits per heavy atom. The minimum Gasteiger partial charge on any atom is -0.356 e. The molecule has 1 aromatic heterocycles. The van der Waals surface area contributed by atoms with E-state index in [1.54, 1.807) is 11.0 Å². The molecule has 1 atom stereocenters. The van der Waals surface area contributed by atoms with Crippen molar-refractivity contribution in [1.29, 1.82) is 0 Å². The maximum absolute atomic E-state index is 5.94. The zero-order chi connectivity index (χ0) is 13.2. The summed E-state index contributed by atoms with van der Waals surface area (Å²) in [6.07, 6.45) is 5.03. The monoisotopic (exact) mass is 341 g/mol. The molecule has 0 radical (unpaired) electrons. The summed E-state index contributed by atoms with van der Waals surface area (Å²) in [6.45, 7) is 0.796. The molecule has 2 aromatic rings. The highest BCUT2D eigenvalue weighted by atomic mass is 79.9. The molecule has 1 saturated heterocycles. The Kier molecular flexibility index (Phi) is 3.86. The van der Waals surface area contributed by atoms with Gasteiger partial charge < -0.3 is 4.74 Å². The molecule has 100 valence electrons. The molecule has 4 nitrogen and oxygen atoms in total. The highest BCUT2D eigenvalue weighted by Gasteiger charge is 2.18. The van der Waals surface area contributed by atoms with E-state index >= 15 is 0 Å². The third kappa shape index (κ3) is 2.83. The van der Waals surface area contributed by atoms with Gasteiger partial charge in [0.2, 0.25) is 0 Å². The van der Waals surface area contributed by atoms with Gasteiger partial charge in [-0.25, -0.2) is 9.67 Å². The molecule has 0 aliphatic carbocycles. The van der Waals surface area contributed by atoms with Gasteiger partial charge in [-0.15, -0.1) is 5.10 Å². The fourth-order valence-electron chi connectivity index (χ4n) is 2.14. The fraction of sp³-hybridized carbons (Fsp3) is 0.385. The minimum absolute atomic E-state index is 0.0149. The number of benzene rings is 1. The molecule has 0 bridgehead atoms. The topological polar surface area (TPSA) is 39.9 Å². The van der Waals surface area contributed by atoms with E-state index in [4.69, 9.17) is 16.3 Å². The lowest BCUT2D eigenvalue weighted by Gasteiger charge is -2.22.